The van der Waals surface area contributed by atoms with Crippen LogP contribution in [0.4, 0.5) is 0 Å². The van der Waals surface area contributed by atoms with Gasteiger partial charge in [-0.25, -0.2) is 4.79 Å². The van der Waals surface area contributed by atoms with Crippen LogP contribution in [0.15, 0.2) is 53.3 Å². The smallest absolute Gasteiger partial charge is 0.360 e. The van der Waals surface area contributed by atoms with Gasteiger partial charge in [-0.3, -0.25) is 14.6 Å². The van der Waals surface area contributed by atoms with Crippen molar-refractivity contribution in [3.63, 3.8) is 0 Å². The van der Waals surface area contributed by atoms with Gasteiger partial charge in [0.05, 0.1) is 6.04 Å². The zero-order chi connectivity index (χ0) is 23.3. The van der Waals surface area contributed by atoms with Crippen molar-refractivity contribution in [2.75, 3.05) is 18.2 Å². The fraction of sp³-hybridized carbons (Fsp3) is 0.250. The van der Waals surface area contributed by atoms with Crippen molar-refractivity contribution >= 4 is 11.9 Å². The molecule has 5 rings (SSSR count). The number of aromatic carboxylic acids is 1. The van der Waals surface area contributed by atoms with Crippen molar-refractivity contribution in [3.8, 4) is 5.75 Å². The predicted octanol–water partition coefficient (Wildman–Crippen LogP) is 1.91. The largest absolute Gasteiger partial charge is 0.502 e. The monoisotopic (exact) mass is 446 g/mol. The molecule has 0 radical (unpaired) electrons. The lowest BCUT2D eigenvalue weighted by Gasteiger charge is -2.43. The Labute approximate surface area is 189 Å². The molecule has 3 aromatic rings. The lowest BCUT2D eigenvalue weighted by atomic mass is 9.94. The number of hydrogen-bond acceptors (Lipinski definition) is 6. The Balaban J connectivity index is 1.83. The summed E-state index contributed by atoms with van der Waals surface area (Å²) in [6, 6.07) is 15.5. The molecule has 9 heteroatoms. The lowest BCUT2D eigenvalue weighted by molar-refractivity contribution is 0.0645. The van der Waals surface area contributed by atoms with E-state index in [9.17, 15) is 24.6 Å². The molecule has 2 heterocycles. The van der Waals surface area contributed by atoms with Crippen LogP contribution in [0, 0.1) is 0 Å². The molecule has 1 aliphatic carbocycles. The summed E-state index contributed by atoms with van der Waals surface area (Å²) in [6.45, 7) is 2.23. The maximum Gasteiger partial charge on any atom is 0.360 e. The number of aromatic nitrogens is 2. The van der Waals surface area contributed by atoms with Crippen molar-refractivity contribution in [3.05, 3.63) is 92.4 Å². The number of carbonyl (C=O) groups excluding carboxylic acids is 1. The van der Waals surface area contributed by atoms with Gasteiger partial charge >= 0.3 is 5.97 Å². The minimum Gasteiger partial charge on any atom is -0.502 e. The first-order chi connectivity index (χ1) is 15.9. The Morgan fingerprint density at radius 3 is 2.15 bits per heavy atom. The number of aryl methyl sites for hydroxylation is 2. The highest BCUT2D eigenvalue weighted by Crippen LogP contribution is 2.37. The van der Waals surface area contributed by atoms with Gasteiger partial charge in [-0.15, -0.1) is 5.10 Å². The second kappa shape index (κ2) is 7.77. The number of rotatable bonds is 3. The average Bonchev–Trinajstić information content (AvgIpc) is 2.98. The molecule has 2 aliphatic rings. The first kappa shape index (κ1) is 20.7. The molecule has 0 saturated carbocycles. The van der Waals surface area contributed by atoms with E-state index in [2.05, 4.69) is 17.2 Å². The summed E-state index contributed by atoms with van der Waals surface area (Å²) in [5, 5.41) is 25.9. The maximum absolute atomic E-state index is 13.1. The third-order valence-electron chi connectivity index (χ3n) is 6.34. The Kier molecular flexibility index (Phi) is 4.88. The van der Waals surface area contributed by atoms with Crippen molar-refractivity contribution < 1.29 is 19.8 Å². The van der Waals surface area contributed by atoms with Crippen LogP contribution in [-0.4, -0.2) is 50.1 Å². The van der Waals surface area contributed by atoms with Crippen LogP contribution < -0.4 is 10.4 Å². The van der Waals surface area contributed by atoms with Crippen molar-refractivity contribution in [1.82, 2.24) is 14.8 Å². The molecular weight excluding hydrogens is 424 g/mol. The minimum atomic E-state index is -1.57. The van der Waals surface area contributed by atoms with Crippen molar-refractivity contribution in [1.29, 1.82) is 0 Å². The SMILES string of the molecule is CCN1CN(C2c3ccccc3CCc3ccccc32)n2nc(C(=O)O)c(=O)c(O)c2C1=O. The van der Waals surface area contributed by atoms with Crippen LogP contribution in [0.3, 0.4) is 0 Å². The molecule has 168 valence electrons. The van der Waals surface area contributed by atoms with Crippen LogP contribution in [-0.2, 0) is 12.8 Å². The van der Waals surface area contributed by atoms with Gasteiger partial charge < -0.3 is 15.1 Å². The average molecular weight is 446 g/mol. The Bertz CT molecular complexity index is 1300. The van der Waals surface area contributed by atoms with E-state index >= 15 is 0 Å². The first-order valence-electron chi connectivity index (χ1n) is 10.7. The quantitative estimate of drug-likeness (QED) is 0.631. The standard InChI is InChI=1S/C24H22N4O5/c1-2-26-13-27(28-20(23(26)31)22(30)21(29)18(25-28)24(32)33)19-16-9-5-3-7-14(16)11-12-15-8-4-6-10-17(15)19/h3-10,19,30H,2,11-13H2,1H3,(H,32,33). The van der Waals surface area contributed by atoms with E-state index in [0.29, 0.717) is 6.54 Å². The van der Waals surface area contributed by atoms with Gasteiger partial charge in [0.1, 0.15) is 6.67 Å². The summed E-state index contributed by atoms with van der Waals surface area (Å²) in [5.41, 5.74) is 1.90. The molecule has 1 amide bonds. The number of carboxylic acid groups (broad SMARTS) is 1. The first-order valence-corrected chi connectivity index (χ1v) is 10.7. The highest BCUT2D eigenvalue weighted by molar-refractivity contribution is 5.97. The summed E-state index contributed by atoms with van der Waals surface area (Å²) in [6.07, 6.45) is 1.65. The summed E-state index contributed by atoms with van der Waals surface area (Å²) in [7, 11) is 0. The van der Waals surface area contributed by atoms with Crippen LogP contribution in [0.1, 0.15) is 56.2 Å². The van der Waals surface area contributed by atoms with Gasteiger partial charge in [0.15, 0.2) is 11.4 Å². The van der Waals surface area contributed by atoms with Gasteiger partial charge in [-0.05, 0) is 42.0 Å². The zero-order valence-electron chi connectivity index (χ0n) is 17.9. The summed E-state index contributed by atoms with van der Waals surface area (Å²) in [4.78, 5) is 39.8. The van der Waals surface area contributed by atoms with Crippen molar-refractivity contribution in [2.45, 2.75) is 25.8 Å². The maximum atomic E-state index is 13.1. The Morgan fingerprint density at radius 2 is 1.61 bits per heavy atom. The Morgan fingerprint density at radius 1 is 1.03 bits per heavy atom. The van der Waals surface area contributed by atoms with E-state index in [1.54, 1.807) is 11.9 Å². The van der Waals surface area contributed by atoms with Gasteiger partial charge in [-0.1, -0.05) is 48.5 Å². The molecule has 0 fully saturated rings. The number of fused-ring (bicyclic) bond motifs is 3. The van der Waals surface area contributed by atoms with Gasteiger partial charge in [0.25, 0.3) is 11.3 Å². The van der Waals surface area contributed by atoms with E-state index in [-0.39, 0.29) is 12.4 Å². The summed E-state index contributed by atoms with van der Waals surface area (Å²) >= 11 is 0. The number of nitrogens with zero attached hydrogens (tertiary/aromatic N) is 4. The zero-order valence-corrected chi connectivity index (χ0v) is 17.9. The fourth-order valence-electron chi connectivity index (χ4n) is 4.72. The molecule has 0 bridgehead atoms. The van der Waals surface area contributed by atoms with Gasteiger partial charge in [0, 0.05) is 6.54 Å². The van der Waals surface area contributed by atoms with E-state index in [1.165, 1.54) is 4.90 Å². The minimum absolute atomic E-state index is 0.101. The van der Waals surface area contributed by atoms with Crippen LogP contribution >= 0.6 is 0 Å². The molecular formula is C24H22N4O5. The molecule has 0 spiro atoms. The third-order valence-corrected chi connectivity index (χ3v) is 6.34. The molecule has 0 unspecified atom stereocenters. The van der Waals surface area contributed by atoms with Crippen LogP contribution in [0.5, 0.6) is 5.75 Å². The highest BCUT2D eigenvalue weighted by atomic mass is 16.4. The van der Waals surface area contributed by atoms with E-state index < -0.39 is 34.8 Å². The molecule has 9 nitrogen and oxygen atoms in total. The van der Waals surface area contributed by atoms with Crippen molar-refractivity contribution in [2.24, 2.45) is 0 Å². The number of aromatic hydroxyl groups is 1. The predicted molar refractivity (Wildman–Crippen MR) is 119 cm³/mol. The normalized spacial score (nSPS) is 15.5. The number of amides is 1. The van der Waals surface area contributed by atoms with Gasteiger partial charge in [-0.2, -0.15) is 4.79 Å². The summed E-state index contributed by atoms with van der Waals surface area (Å²) < 4.78 is 0. The van der Waals surface area contributed by atoms with Crippen LogP contribution in [0.25, 0.3) is 0 Å². The molecule has 1 aromatic heterocycles. The molecule has 0 atom stereocenters. The number of carbonyl (C=O) groups is 2. The van der Waals surface area contributed by atoms with Gasteiger partial charge in [0.2, 0.25) is 5.69 Å². The second-order valence-corrected chi connectivity index (χ2v) is 8.11. The molecule has 2 N–H and O–H groups in total. The Hall–Kier alpha value is -4.14. The topological polar surface area (TPSA) is 116 Å². The molecule has 0 saturated heterocycles. The van der Waals surface area contributed by atoms with E-state index in [0.717, 1.165) is 39.9 Å². The number of carboxylic acids is 1. The third kappa shape index (κ3) is 3.15. The van der Waals surface area contributed by atoms with Crippen LogP contribution in [0.2, 0.25) is 0 Å². The highest BCUT2D eigenvalue weighted by Gasteiger charge is 2.40. The lowest BCUT2D eigenvalue weighted by Crippen LogP contribution is -2.57. The molecule has 33 heavy (non-hydrogen) atoms. The summed E-state index contributed by atoms with van der Waals surface area (Å²) in [5.74, 6) is -3.06. The second-order valence-electron chi connectivity index (χ2n) is 8.11. The van der Waals surface area contributed by atoms with E-state index in [1.807, 2.05) is 36.4 Å². The number of hydrogen-bond donors (Lipinski definition) is 2. The fourth-order valence-corrected chi connectivity index (χ4v) is 4.72. The van der Waals surface area contributed by atoms with E-state index in [4.69, 9.17) is 0 Å². The number of benzene rings is 2. The molecule has 1 aliphatic heterocycles. The molecule has 2 aromatic carbocycles.